The van der Waals surface area contributed by atoms with Crippen molar-refractivity contribution in [3.05, 3.63) is 360 Å². The molecule has 2 aliphatic rings. The van der Waals surface area contributed by atoms with E-state index in [0.717, 1.165) is 34.1 Å². The van der Waals surface area contributed by atoms with Crippen LogP contribution in [0, 0.1) is 0 Å². The SMILES string of the molecule is CC1(C)c2cc(C=Cc3ccc(-c4ccc(C=Cc5ccc6c(c5)C(C)(C)c5cc(N(c7cccc(-c8ccccc8)c7)c7cccc8ccccc78)ccc5-6)cc4)cc3)ccc2-c2ccc(N(c3cccc(-c4ccccc4)c3)c3cccc4ccccc34)cc21. The molecule has 438 valence electrons. The van der Waals surface area contributed by atoms with Gasteiger partial charge in [-0.2, -0.15) is 0 Å². The van der Waals surface area contributed by atoms with Crippen molar-refractivity contribution >= 4 is 80.0 Å². The molecule has 0 spiro atoms. The number of anilines is 6. The highest BCUT2D eigenvalue weighted by Crippen LogP contribution is 2.54. The molecular weight excluding hydrogens is 1110 g/mol. The maximum atomic E-state index is 2.44. The molecule has 0 unspecified atom stereocenters. The lowest BCUT2D eigenvalue weighted by Crippen LogP contribution is -2.17. The molecule has 0 radical (unpaired) electrons. The summed E-state index contributed by atoms with van der Waals surface area (Å²) in [4.78, 5) is 4.89. The molecule has 16 rings (SSSR count). The number of nitrogens with zero attached hydrogens (tertiary/aromatic N) is 2. The van der Waals surface area contributed by atoms with Gasteiger partial charge in [0.15, 0.2) is 0 Å². The van der Waals surface area contributed by atoms with E-state index in [1.807, 2.05) is 0 Å². The summed E-state index contributed by atoms with van der Waals surface area (Å²) in [5, 5.41) is 4.87. The number of benzene rings is 14. The summed E-state index contributed by atoms with van der Waals surface area (Å²) in [5.74, 6) is 0. The van der Waals surface area contributed by atoms with Gasteiger partial charge in [-0.05, 0) is 172 Å². The highest BCUT2D eigenvalue weighted by molar-refractivity contribution is 6.02. The zero-order valence-corrected chi connectivity index (χ0v) is 52.2. The van der Waals surface area contributed by atoms with E-state index < -0.39 is 0 Å². The van der Waals surface area contributed by atoms with Gasteiger partial charge in [-0.3, -0.25) is 0 Å². The van der Waals surface area contributed by atoms with Gasteiger partial charge in [0.25, 0.3) is 0 Å². The standard InChI is InChI=1S/C90H68N2/c1-89(2)83-55-63(43-51-79(83)81-53-49-75(59-85(81)89)91(87-33-17-25-69-23-11-13-31-77(69)87)73-29-15-27-71(57-73)65-19-7-5-8-20-65)37-35-61-39-45-67(46-40-61)68-47-41-62(42-48-68)36-38-64-44-52-80-82-54-50-76(60-86(82)90(3,4)84(80)56-64)92(88-34-18-26-70-24-12-14-32-78(70)88)74-30-16-28-72(58-74)66-21-9-6-10-22-66/h5-60H,1-4H3. The van der Waals surface area contributed by atoms with Crippen LogP contribution < -0.4 is 9.80 Å². The third kappa shape index (κ3) is 10.1. The summed E-state index contributed by atoms with van der Waals surface area (Å²) >= 11 is 0. The zero-order valence-electron chi connectivity index (χ0n) is 52.2. The largest absolute Gasteiger partial charge is 0.310 e. The highest BCUT2D eigenvalue weighted by atomic mass is 15.1. The van der Waals surface area contributed by atoms with E-state index in [0.29, 0.717) is 0 Å². The molecule has 0 heterocycles. The number of fused-ring (bicyclic) bond motifs is 8. The monoisotopic (exact) mass is 1180 g/mol. The average Bonchev–Trinajstić information content (AvgIpc) is 1.31. The van der Waals surface area contributed by atoms with Crippen LogP contribution in [0.4, 0.5) is 34.1 Å². The fourth-order valence-corrected chi connectivity index (χ4v) is 14.5. The maximum Gasteiger partial charge on any atom is 0.0540 e. The van der Waals surface area contributed by atoms with Crippen molar-refractivity contribution in [2.45, 2.75) is 38.5 Å². The number of rotatable bonds is 13. The zero-order chi connectivity index (χ0) is 61.9. The van der Waals surface area contributed by atoms with Crippen LogP contribution in [0.15, 0.2) is 315 Å². The summed E-state index contributed by atoms with van der Waals surface area (Å²) in [6.45, 7) is 9.52. The fraction of sp³-hybridized carbons (Fsp3) is 0.0667. The summed E-state index contributed by atoms with van der Waals surface area (Å²) in [7, 11) is 0. The predicted molar refractivity (Wildman–Crippen MR) is 393 cm³/mol. The molecule has 2 aliphatic carbocycles. The first-order valence-electron chi connectivity index (χ1n) is 32.1. The van der Waals surface area contributed by atoms with Gasteiger partial charge in [0.2, 0.25) is 0 Å². The lowest BCUT2D eigenvalue weighted by atomic mass is 9.81. The van der Waals surface area contributed by atoms with Gasteiger partial charge < -0.3 is 9.80 Å². The summed E-state index contributed by atoms with van der Waals surface area (Å²) in [6, 6.07) is 116. The lowest BCUT2D eigenvalue weighted by molar-refractivity contribution is 0.660. The van der Waals surface area contributed by atoms with Crippen LogP contribution >= 0.6 is 0 Å². The second-order valence-electron chi connectivity index (χ2n) is 25.7. The first-order valence-corrected chi connectivity index (χ1v) is 32.1. The quantitative estimate of drug-likeness (QED) is 0.106. The Morgan fingerprint density at radius 2 is 0.533 bits per heavy atom. The third-order valence-electron chi connectivity index (χ3n) is 19.4. The van der Waals surface area contributed by atoms with Gasteiger partial charge in [0.05, 0.1) is 11.4 Å². The van der Waals surface area contributed by atoms with E-state index >= 15 is 0 Å². The Bertz CT molecular complexity index is 4860. The summed E-state index contributed by atoms with van der Waals surface area (Å²) in [6.07, 6.45) is 8.99. The molecule has 0 atom stereocenters. The van der Waals surface area contributed by atoms with Gasteiger partial charge >= 0.3 is 0 Å². The molecule has 2 nitrogen and oxygen atoms in total. The van der Waals surface area contributed by atoms with E-state index in [2.05, 4.69) is 377 Å². The first-order chi connectivity index (χ1) is 45.1. The first kappa shape index (κ1) is 56.0. The van der Waals surface area contributed by atoms with Crippen LogP contribution in [0.3, 0.4) is 0 Å². The van der Waals surface area contributed by atoms with Crippen LogP contribution in [0.5, 0.6) is 0 Å². The van der Waals surface area contributed by atoms with Gasteiger partial charge in [0.1, 0.15) is 0 Å². The molecule has 14 aromatic carbocycles. The molecule has 14 aromatic rings. The molecule has 0 aromatic heterocycles. The summed E-state index contributed by atoms with van der Waals surface area (Å²) < 4.78 is 0. The van der Waals surface area contributed by atoms with Crippen molar-refractivity contribution < 1.29 is 0 Å². The average molecular weight is 1180 g/mol. The minimum Gasteiger partial charge on any atom is -0.310 e. The van der Waals surface area contributed by atoms with Crippen LogP contribution in [0.1, 0.15) is 72.2 Å². The van der Waals surface area contributed by atoms with Crippen LogP contribution in [-0.4, -0.2) is 0 Å². The summed E-state index contributed by atoms with van der Waals surface area (Å²) in [5.41, 5.74) is 28.9. The molecule has 0 amide bonds. The van der Waals surface area contributed by atoms with Crippen molar-refractivity contribution in [2.75, 3.05) is 9.80 Å². The van der Waals surface area contributed by atoms with Crippen molar-refractivity contribution in [1.82, 2.24) is 0 Å². The third-order valence-corrected chi connectivity index (χ3v) is 19.4. The lowest BCUT2D eigenvalue weighted by Gasteiger charge is -2.29. The minimum atomic E-state index is -0.214. The van der Waals surface area contributed by atoms with Crippen LogP contribution in [-0.2, 0) is 10.8 Å². The van der Waals surface area contributed by atoms with Gasteiger partial charge in [0, 0.05) is 44.4 Å². The fourth-order valence-electron chi connectivity index (χ4n) is 14.5. The molecule has 0 fully saturated rings. The van der Waals surface area contributed by atoms with Crippen molar-refractivity contribution in [3.8, 4) is 55.6 Å². The molecular formula is C90H68N2. The Kier molecular flexibility index (Phi) is 13.9. The molecule has 92 heavy (non-hydrogen) atoms. The number of hydrogen-bond donors (Lipinski definition) is 0. The Hall–Kier alpha value is -11.3. The molecule has 2 heteroatoms. The Morgan fingerprint density at radius 3 is 0.957 bits per heavy atom. The predicted octanol–water partition coefficient (Wildman–Crippen LogP) is 24.9. The van der Waals surface area contributed by atoms with Gasteiger partial charge in [-0.1, -0.05) is 307 Å². The van der Waals surface area contributed by atoms with Crippen LogP contribution in [0.2, 0.25) is 0 Å². The Labute approximate surface area is 540 Å². The van der Waals surface area contributed by atoms with E-state index in [1.165, 1.54) is 122 Å². The van der Waals surface area contributed by atoms with E-state index in [1.54, 1.807) is 0 Å². The van der Waals surface area contributed by atoms with Crippen molar-refractivity contribution in [2.24, 2.45) is 0 Å². The van der Waals surface area contributed by atoms with Crippen LogP contribution in [0.25, 0.3) is 101 Å². The Balaban J connectivity index is 0.613. The second-order valence-corrected chi connectivity index (χ2v) is 25.7. The molecule has 0 N–H and O–H groups in total. The molecule has 0 saturated carbocycles. The topological polar surface area (TPSA) is 6.48 Å². The number of hydrogen-bond acceptors (Lipinski definition) is 2. The molecule has 0 aliphatic heterocycles. The highest BCUT2D eigenvalue weighted by Gasteiger charge is 2.38. The van der Waals surface area contributed by atoms with Crippen molar-refractivity contribution in [3.63, 3.8) is 0 Å². The Morgan fingerprint density at radius 1 is 0.228 bits per heavy atom. The normalized spacial score (nSPS) is 13.3. The maximum absolute atomic E-state index is 2.44. The second kappa shape index (κ2) is 22.9. The van der Waals surface area contributed by atoms with E-state index in [9.17, 15) is 0 Å². The van der Waals surface area contributed by atoms with Gasteiger partial charge in [-0.25, -0.2) is 0 Å². The molecule has 0 bridgehead atoms. The smallest absolute Gasteiger partial charge is 0.0540 e. The van der Waals surface area contributed by atoms with E-state index in [-0.39, 0.29) is 10.8 Å². The molecule has 0 saturated heterocycles. The minimum absolute atomic E-state index is 0.214. The van der Waals surface area contributed by atoms with Gasteiger partial charge in [-0.15, -0.1) is 0 Å². The van der Waals surface area contributed by atoms with E-state index in [4.69, 9.17) is 0 Å². The van der Waals surface area contributed by atoms with Crippen molar-refractivity contribution in [1.29, 1.82) is 0 Å².